The highest BCUT2D eigenvalue weighted by atomic mass is 16.2. The third-order valence-electron chi connectivity index (χ3n) is 5.64. The fourth-order valence-electron chi connectivity index (χ4n) is 4.07. The molecular weight excluding hydrogens is 324 g/mol. The van der Waals surface area contributed by atoms with Crippen LogP contribution in [0.3, 0.4) is 0 Å². The van der Waals surface area contributed by atoms with Crippen molar-refractivity contribution < 1.29 is 19.2 Å². The summed E-state index contributed by atoms with van der Waals surface area (Å²) in [6.07, 6.45) is 3.22. The molecule has 8 heteroatoms. The van der Waals surface area contributed by atoms with Crippen LogP contribution in [0.15, 0.2) is 0 Å². The molecule has 8 nitrogen and oxygen atoms in total. The number of Topliss-reactive ketones (excluding diaryl/α,β-unsaturated/α-hetero) is 1. The van der Waals surface area contributed by atoms with Crippen LogP contribution in [0.5, 0.6) is 0 Å². The maximum atomic E-state index is 12.6. The summed E-state index contributed by atoms with van der Waals surface area (Å²) in [5.74, 6) is -0.989. The van der Waals surface area contributed by atoms with Crippen LogP contribution in [0.1, 0.15) is 39.0 Å². The maximum absolute atomic E-state index is 12.6. The van der Waals surface area contributed by atoms with Crippen LogP contribution in [0.4, 0.5) is 4.79 Å². The number of carbonyl (C=O) groups excluding carboxylic acids is 4. The number of carbonyl (C=O) groups is 4. The van der Waals surface area contributed by atoms with Crippen LogP contribution < -0.4 is 5.73 Å². The normalized spacial score (nSPS) is 26.9. The van der Waals surface area contributed by atoms with E-state index in [-0.39, 0.29) is 42.6 Å². The molecule has 4 amide bonds. The molecule has 3 aliphatic heterocycles. The number of nitrogens with zero attached hydrogens (tertiary/aromatic N) is 3. The van der Waals surface area contributed by atoms with Gasteiger partial charge in [0.1, 0.15) is 6.04 Å². The zero-order valence-corrected chi connectivity index (χ0v) is 14.6. The molecule has 0 saturated carbocycles. The van der Waals surface area contributed by atoms with Gasteiger partial charge >= 0.3 is 6.03 Å². The lowest BCUT2D eigenvalue weighted by Crippen LogP contribution is -2.46. The molecule has 3 unspecified atom stereocenters. The van der Waals surface area contributed by atoms with E-state index in [1.165, 1.54) is 0 Å². The van der Waals surface area contributed by atoms with Crippen molar-refractivity contribution in [3.63, 3.8) is 0 Å². The molecular formula is C17H26N4O4. The first kappa shape index (κ1) is 17.7. The van der Waals surface area contributed by atoms with Crippen molar-refractivity contribution in [2.75, 3.05) is 26.2 Å². The SMILES string of the molecule is CC(CCC(=O)N1CCC2C1C(=O)CN2C(=O)N1CCCC1)C(N)=O. The molecule has 0 aromatic carbocycles. The van der Waals surface area contributed by atoms with Gasteiger partial charge in [0.15, 0.2) is 5.78 Å². The van der Waals surface area contributed by atoms with Crippen LogP contribution in [-0.4, -0.2) is 76.6 Å². The maximum Gasteiger partial charge on any atom is 0.320 e. The summed E-state index contributed by atoms with van der Waals surface area (Å²) in [4.78, 5) is 53.8. The Labute approximate surface area is 147 Å². The minimum atomic E-state index is -0.525. The lowest BCUT2D eigenvalue weighted by Gasteiger charge is -2.28. The van der Waals surface area contributed by atoms with Crippen molar-refractivity contribution in [3.8, 4) is 0 Å². The Kier molecular flexibility index (Phi) is 4.96. The summed E-state index contributed by atoms with van der Waals surface area (Å²) in [6.45, 7) is 3.75. The highest BCUT2D eigenvalue weighted by Crippen LogP contribution is 2.31. The van der Waals surface area contributed by atoms with E-state index in [2.05, 4.69) is 0 Å². The van der Waals surface area contributed by atoms with Crippen LogP contribution in [0, 0.1) is 5.92 Å². The fraction of sp³-hybridized carbons (Fsp3) is 0.765. The van der Waals surface area contributed by atoms with Crippen molar-refractivity contribution in [1.82, 2.24) is 14.7 Å². The zero-order valence-electron chi connectivity index (χ0n) is 14.6. The van der Waals surface area contributed by atoms with E-state index >= 15 is 0 Å². The Morgan fingerprint density at radius 2 is 1.84 bits per heavy atom. The Balaban J connectivity index is 1.63. The standard InChI is InChI=1S/C17H26N4O4/c1-11(16(18)24)4-5-14(23)20-9-6-12-15(20)13(22)10-21(12)17(25)19-7-2-3-8-19/h11-12,15H,2-10H2,1H3,(H2,18,24). The molecule has 0 bridgehead atoms. The third kappa shape index (κ3) is 3.34. The highest BCUT2D eigenvalue weighted by Gasteiger charge is 2.51. The first-order valence-corrected chi connectivity index (χ1v) is 9.07. The van der Waals surface area contributed by atoms with E-state index in [1.54, 1.807) is 21.6 Å². The van der Waals surface area contributed by atoms with Crippen molar-refractivity contribution in [2.24, 2.45) is 11.7 Å². The van der Waals surface area contributed by atoms with Crippen LogP contribution in [0.25, 0.3) is 0 Å². The lowest BCUT2D eigenvalue weighted by molar-refractivity contribution is -0.136. The van der Waals surface area contributed by atoms with Crippen LogP contribution in [0.2, 0.25) is 0 Å². The summed E-state index contributed by atoms with van der Waals surface area (Å²) in [5.41, 5.74) is 5.23. The molecule has 2 N–H and O–H groups in total. The Morgan fingerprint density at radius 1 is 1.16 bits per heavy atom. The van der Waals surface area contributed by atoms with Gasteiger partial charge in [-0.05, 0) is 25.7 Å². The van der Waals surface area contributed by atoms with E-state index in [1.807, 2.05) is 0 Å². The number of hydrogen-bond donors (Lipinski definition) is 1. The summed E-state index contributed by atoms with van der Waals surface area (Å²) < 4.78 is 0. The van der Waals surface area contributed by atoms with Crippen LogP contribution >= 0.6 is 0 Å². The van der Waals surface area contributed by atoms with Gasteiger partial charge in [-0.15, -0.1) is 0 Å². The van der Waals surface area contributed by atoms with Gasteiger partial charge in [-0.2, -0.15) is 0 Å². The van der Waals surface area contributed by atoms with Gasteiger partial charge in [-0.1, -0.05) is 6.92 Å². The summed E-state index contributed by atoms with van der Waals surface area (Å²) in [6, 6.07) is -0.809. The van der Waals surface area contributed by atoms with Crippen molar-refractivity contribution >= 4 is 23.6 Å². The molecule has 0 radical (unpaired) electrons. The van der Waals surface area contributed by atoms with Gasteiger partial charge < -0.3 is 20.4 Å². The predicted octanol–water partition coefficient (Wildman–Crippen LogP) is -0.0420. The van der Waals surface area contributed by atoms with Gasteiger partial charge in [0.05, 0.1) is 12.6 Å². The lowest BCUT2D eigenvalue weighted by atomic mass is 10.0. The summed E-state index contributed by atoms with van der Waals surface area (Å²) in [5, 5.41) is 0. The average molecular weight is 350 g/mol. The molecule has 3 heterocycles. The van der Waals surface area contributed by atoms with E-state index in [9.17, 15) is 19.2 Å². The monoisotopic (exact) mass is 350 g/mol. The van der Waals surface area contributed by atoms with Crippen molar-refractivity contribution in [1.29, 1.82) is 0 Å². The number of ketones is 1. The molecule has 3 aliphatic rings. The highest BCUT2D eigenvalue weighted by molar-refractivity contribution is 5.97. The second-order valence-electron chi connectivity index (χ2n) is 7.30. The van der Waals surface area contributed by atoms with Gasteiger partial charge in [0, 0.05) is 32.0 Å². The minimum absolute atomic E-state index is 0.0636. The Morgan fingerprint density at radius 3 is 2.48 bits per heavy atom. The molecule has 3 atom stereocenters. The molecule has 3 fully saturated rings. The number of hydrogen-bond acceptors (Lipinski definition) is 4. The number of nitrogens with two attached hydrogens (primary N) is 1. The molecule has 3 saturated heterocycles. The number of urea groups is 1. The second-order valence-corrected chi connectivity index (χ2v) is 7.30. The van der Waals surface area contributed by atoms with E-state index in [0.717, 1.165) is 25.9 Å². The topological polar surface area (TPSA) is 104 Å². The third-order valence-corrected chi connectivity index (χ3v) is 5.64. The number of likely N-dealkylation sites (tertiary alicyclic amines) is 3. The first-order valence-electron chi connectivity index (χ1n) is 9.07. The number of rotatable bonds is 4. The molecule has 3 rings (SSSR count). The number of fused-ring (bicyclic) bond motifs is 1. The molecule has 138 valence electrons. The molecule has 0 aromatic rings. The van der Waals surface area contributed by atoms with Crippen molar-refractivity contribution in [3.05, 3.63) is 0 Å². The summed E-state index contributed by atoms with van der Waals surface area (Å²) in [7, 11) is 0. The molecule has 0 aromatic heterocycles. The molecule has 0 spiro atoms. The number of amides is 4. The second kappa shape index (κ2) is 7.01. The minimum Gasteiger partial charge on any atom is -0.369 e. The van der Waals surface area contributed by atoms with Gasteiger partial charge in [-0.25, -0.2) is 4.79 Å². The van der Waals surface area contributed by atoms with Gasteiger partial charge in [0.25, 0.3) is 0 Å². The van der Waals surface area contributed by atoms with Gasteiger partial charge in [0.2, 0.25) is 11.8 Å². The molecule has 25 heavy (non-hydrogen) atoms. The quantitative estimate of drug-likeness (QED) is 0.768. The van der Waals surface area contributed by atoms with E-state index < -0.39 is 11.9 Å². The smallest absolute Gasteiger partial charge is 0.320 e. The van der Waals surface area contributed by atoms with E-state index in [0.29, 0.717) is 19.4 Å². The van der Waals surface area contributed by atoms with Crippen molar-refractivity contribution in [2.45, 2.75) is 51.1 Å². The van der Waals surface area contributed by atoms with E-state index in [4.69, 9.17) is 5.73 Å². The Bertz CT molecular complexity index is 587. The average Bonchev–Trinajstić information content (AvgIpc) is 3.29. The predicted molar refractivity (Wildman–Crippen MR) is 89.4 cm³/mol. The van der Waals surface area contributed by atoms with Crippen LogP contribution in [-0.2, 0) is 14.4 Å². The summed E-state index contributed by atoms with van der Waals surface area (Å²) >= 11 is 0. The number of primary amides is 1. The van der Waals surface area contributed by atoms with Gasteiger partial charge in [-0.3, -0.25) is 14.4 Å². The first-order chi connectivity index (χ1) is 11.9. The zero-order chi connectivity index (χ0) is 18.1. The fourth-order valence-corrected chi connectivity index (χ4v) is 4.07. The Hall–Kier alpha value is -2.12. The largest absolute Gasteiger partial charge is 0.369 e. The molecule has 0 aliphatic carbocycles.